The summed E-state index contributed by atoms with van der Waals surface area (Å²) >= 11 is 0. The Kier molecular flexibility index (Phi) is 6.67. The smallest absolute Gasteiger partial charge is 0.258 e. The number of hydrogen-bond donors (Lipinski definition) is 5. The number of benzene rings is 1. The average molecular weight is 529 g/mol. The third-order valence-corrected chi connectivity index (χ3v) is 9.80. The molecule has 4 atom stereocenters. The molecule has 1 aromatic rings. The molecule has 5 N–H and O–H groups in total. The lowest BCUT2D eigenvalue weighted by Gasteiger charge is -2.50. The Morgan fingerprint density at radius 2 is 1.81 bits per heavy atom. The molecule has 4 unspecified atom stereocenters. The van der Waals surface area contributed by atoms with Crippen molar-refractivity contribution in [2.45, 2.75) is 56.6 Å². The minimum atomic E-state index is -2.58. The van der Waals surface area contributed by atoms with E-state index in [1.165, 1.54) is 18.0 Å². The number of carbonyl (C=O) groups excluding carboxylic acids is 3. The standard InChI is InChI=1S/C27H36N2O7Si/c1-28-26(35)20-23(32)21(29(2)3)16-12-14-11-15-13(9-10-37(4,5)6)7-8-17(30)19(15)22(31)18(14)24(33)27(16,36)25(20)34/h7-8,14,16,21,30-31,34,36H,9-12H2,1-6H3,(H,28,35). The van der Waals surface area contributed by atoms with Gasteiger partial charge in [0.1, 0.15) is 22.8 Å². The first-order valence-corrected chi connectivity index (χ1v) is 16.3. The van der Waals surface area contributed by atoms with Gasteiger partial charge in [0.15, 0.2) is 11.4 Å². The number of fused-ring (bicyclic) bond motifs is 3. The number of Topliss-reactive ketones (excluding diaryl/α,β-unsaturated/α-hetero) is 2. The number of aromatic hydroxyl groups is 1. The first-order chi connectivity index (χ1) is 17.1. The third kappa shape index (κ3) is 4.11. The van der Waals surface area contributed by atoms with Gasteiger partial charge in [-0.05, 0) is 56.5 Å². The number of aliphatic hydroxyl groups is 3. The lowest BCUT2D eigenvalue weighted by Crippen LogP contribution is -2.65. The number of aliphatic hydroxyl groups excluding tert-OH is 2. The minimum absolute atomic E-state index is 0.0986. The zero-order valence-corrected chi connectivity index (χ0v) is 23.2. The van der Waals surface area contributed by atoms with Crippen molar-refractivity contribution in [3.8, 4) is 5.75 Å². The van der Waals surface area contributed by atoms with E-state index < -0.39 is 66.1 Å². The van der Waals surface area contributed by atoms with Gasteiger partial charge in [0.2, 0.25) is 5.78 Å². The molecule has 0 spiro atoms. The molecular formula is C27H36N2O7Si. The van der Waals surface area contributed by atoms with Crippen LogP contribution in [0.3, 0.4) is 0 Å². The highest BCUT2D eigenvalue weighted by Crippen LogP contribution is 2.53. The van der Waals surface area contributed by atoms with Gasteiger partial charge in [0, 0.05) is 26.6 Å². The maximum atomic E-state index is 13.9. The number of ketones is 2. The Labute approximate surface area is 217 Å². The van der Waals surface area contributed by atoms with Gasteiger partial charge in [0.25, 0.3) is 5.91 Å². The highest BCUT2D eigenvalue weighted by atomic mass is 28.3. The molecule has 1 saturated carbocycles. The van der Waals surface area contributed by atoms with E-state index >= 15 is 0 Å². The summed E-state index contributed by atoms with van der Waals surface area (Å²) in [5, 5.41) is 47.1. The number of amides is 1. The van der Waals surface area contributed by atoms with Crippen molar-refractivity contribution in [1.29, 1.82) is 0 Å². The summed E-state index contributed by atoms with van der Waals surface area (Å²) < 4.78 is 0. The fourth-order valence-electron chi connectivity index (χ4n) is 6.16. The van der Waals surface area contributed by atoms with Gasteiger partial charge in [-0.15, -0.1) is 0 Å². The number of nitrogens with one attached hydrogen (secondary N) is 1. The molecule has 200 valence electrons. The third-order valence-electron chi connectivity index (χ3n) is 8.05. The molecule has 1 aromatic carbocycles. The molecule has 3 aliphatic rings. The molecule has 1 amide bonds. The van der Waals surface area contributed by atoms with Crippen LogP contribution in [0.4, 0.5) is 0 Å². The Hall–Kier alpha value is -2.95. The van der Waals surface area contributed by atoms with E-state index in [2.05, 4.69) is 25.0 Å². The van der Waals surface area contributed by atoms with E-state index in [1.807, 2.05) is 6.07 Å². The lowest BCUT2D eigenvalue weighted by molar-refractivity contribution is -0.153. The number of hydrogen-bond acceptors (Lipinski definition) is 8. The maximum absolute atomic E-state index is 13.9. The molecule has 0 bridgehead atoms. The zero-order valence-electron chi connectivity index (χ0n) is 22.2. The van der Waals surface area contributed by atoms with Gasteiger partial charge < -0.3 is 25.7 Å². The topological polar surface area (TPSA) is 147 Å². The highest BCUT2D eigenvalue weighted by molar-refractivity contribution is 6.76. The van der Waals surface area contributed by atoms with Crippen molar-refractivity contribution in [1.82, 2.24) is 10.2 Å². The Morgan fingerprint density at radius 3 is 2.38 bits per heavy atom. The normalized spacial score (nSPS) is 27.7. The van der Waals surface area contributed by atoms with Crippen LogP contribution in [-0.4, -0.2) is 83.7 Å². The van der Waals surface area contributed by atoms with Crippen molar-refractivity contribution in [3.63, 3.8) is 0 Å². The number of phenolic OH excluding ortho intramolecular Hbond substituents is 1. The number of phenols is 1. The summed E-state index contributed by atoms with van der Waals surface area (Å²) in [4.78, 5) is 41.3. The van der Waals surface area contributed by atoms with Crippen molar-refractivity contribution < 1.29 is 34.8 Å². The zero-order chi connectivity index (χ0) is 27.6. The van der Waals surface area contributed by atoms with Crippen molar-refractivity contribution in [3.05, 3.63) is 45.7 Å². The second-order valence-electron chi connectivity index (χ2n) is 11.8. The number of rotatable bonds is 5. The largest absolute Gasteiger partial charge is 0.508 e. The van der Waals surface area contributed by atoms with E-state index in [0.29, 0.717) is 6.42 Å². The molecule has 0 heterocycles. The van der Waals surface area contributed by atoms with Gasteiger partial charge >= 0.3 is 0 Å². The van der Waals surface area contributed by atoms with Crippen LogP contribution in [0, 0.1) is 11.8 Å². The minimum Gasteiger partial charge on any atom is -0.508 e. The maximum Gasteiger partial charge on any atom is 0.258 e. The van der Waals surface area contributed by atoms with Crippen LogP contribution in [0.1, 0.15) is 23.1 Å². The molecule has 4 rings (SSSR count). The van der Waals surface area contributed by atoms with E-state index in [-0.39, 0.29) is 23.3 Å². The second kappa shape index (κ2) is 9.11. The van der Waals surface area contributed by atoms with Crippen molar-refractivity contribution in [2.75, 3.05) is 21.1 Å². The summed E-state index contributed by atoms with van der Waals surface area (Å²) in [6.07, 6.45) is 1.22. The lowest BCUT2D eigenvalue weighted by atomic mass is 9.57. The van der Waals surface area contributed by atoms with Gasteiger partial charge in [-0.25, -0.2) is 0 Å². The average Bonchev–Trinajstić information content (AvgIpc) is 2.80. The quantitative estimate of drug-likeness (QED) is 0.288. The number of aryl methyl sites for hydroxylation is 1. The predicted octanol–water partition coefficient (Wildman–Crippen LogP) is 2.11. The first kappa shape index (κ1) is 27.1. The molecule has 0 radical (unpaired) electrons. The van der Waals surface area contributed by atoms with E-state index in [9.17, 15) is 34.8 Å². The summed E-state index contributed by atoms with van der Waals surface area (Å²) in [5.74, 6) is -5.72. The van der Waals surface area contributed by atoms with E-state index in [1.54, 1.807) is 14.1 Å². The number of nitrogens with zero attached hydrogens (tertiary/aromatic N) is 1. The van der Waals surface area contributed by atoms with Crippen LogP contribution in [0.5, 0.6) is 5.75 Å². The number of carbonyl (C=O) groups is 3. The Morgan fingerprint density at radius 1 is 1.16 bits per heavy atom. The van der Waals surface area contributed by atoms with Crippen LogP contribution in [0.15, 0.2) is 29.0 Å². The second-order valence-corrected chi connectivity index (χ2v) is 17.5. The fourth-order valence-corrected chi connectivity index (χ4v) is 7.18. The van der Waals surface area contributed by atoms with Gasteiger partial charge in [-0.3, -0.25) is 19.3 Å². The molecule has 3 aliphatic carbocycles. The van der Waals surface area contributed by atoms with Crippen molar-refractivity contribution >= 4 is 31.3 Å². The molecular weight excluding hydrogens is 492 g/mol. The van der Waals surface area contributed by atoms with Gasteiger partial charge in [-0.2, -0.15) is 0 Å². The summed E-state index contributed by atoms with van der Waals surface area (Å²) in [6, 6.07) is 3.32. The SMILES string of the molecule is CNC(=O)C1=C(O)C2(O)C(=O)C3=C(O)c4c(O)ccc(CC[Si](C)(C)C)c4CC3CC2C(N(C)C)C1=O. The summed E-state index contributed by atoms with van der Waals surface area (Å²) in [5.41, 5.74) is -1.42. The predicted molar refractivity (Wildman–Crippen MR) is 141 cm³/mol. The fraction of sp³-hybridized carbons (Fsp3) is 0.519. The molecule has 10 heteroatoms. The Bertz CT molecular complexity index is 1260. The van der Waals surface area contributed by atoms with Gasteiger partial charge in [0.05, 0.1) is 11.6 Å². The molecule has 37 heavy (non-hydrogen) atoms. The van der Waals surface area contributed by atoms with Gasteiger partial charge in [-0.1, -0.05) is 31.8 Å². The Balaban J connectivity index is 1.91. The van der Waals surface area contributed by atoms with Crippen molar-refractivity contribution in [2.24, 2.45) is 11.8 Å². The van der Waals surface area contributed by atoms with Crippen LogP contribution in [-0.2, 0) is 27.2 Å². The highest BCUT2D eigenvalue weighted by Gasteiger charge is 2.64. The molecule has 0 aliphatic heterocycles. The summed E-state index contributed by atoms with van der Waals surface area (Å²) in [6.45, 7) is 6.81. The number of likely N-dealkylation sites (N-methyl/N-ethyl adjacent to an activating group) is 2. The van der Waals surface area contributed by atoms with Crippen LogP contribution >= 0.6 is 0 Å². The van der Waals surface area contributed by atoms with E-state index in [0.717, 1.165) is 23.6 Å². The molecule has 9 nitrogen and oxygen atoms in total. The van der Waals surface area contributed by atoms with Crippen LogP contribution in [0.25, 0.3) is 5.76 Å². The van der Waals surface area contributed by atoms with E-state index in [4.69, 9.17) is 0 Å². The first-order valence-electron chi connectivity index (χ1n) is 12.6. The molecule has 0 aromatic heterocycles. The van der Waals surface area contributed by atoms with Crippen LogP contribution in [0.2, 0.25) is 25.7 Å². The van der Waals surface area contributed by atoms with Crippen LogP contribution < -0.4 is 5.32 Å². The monoisotopic (exact) mass is 528 g/mol. The molecule has 1 fully saturated rings. The molecule has 0 saturated heterocycles. The summed E-state index contributed by atoms with van der Waals surface area (Å²) in [7, 11) is 3.13.